The van der Waals surface area contributed by atoms with E-state index in [1.54, 1.807) is 6.08 Å². The highest BCUT2D eigenvalue weighted by atomic mass is 16.6. The molecule has 222 valence electrons. The van der Waals surface area contributed by atoms with Crippen LogP contribution in [-0.4, -0.2) is 50.2 Å². The van der Waals surface area contributed by atoms with Gasteiger partial charge in [-0.05, 0) is 70.5 Å². The lowest BCUT2D eigenvalue weighted by Crippen LogP contribution is -2.24. The largest absolute Gasteiger partial charge is 0.462 e. The number of ether oxygens (including phenoxy) is 2. The number of carbonyl (C=O) groups is 2. The highest BCUT2D eigenvalue weighted by Crippen LogP contribution is 2.24. The summed E-state index contributed by atoms with van der Waals surface area (Å²) in [6.45, 7) is 18.0. The highest BCUT2D eigenvalue weighted by Gasteiger charge is 2.20. The van der Waals surface area contributed by atoms with Crippen LogP contribution >= 0.6 is 0 Å². The Morgan fingerprint density at radius 3 is 1.76 bits per heavy atom. The lowest BCUT2D eigenvalue weighted by atomic mass is 9.90. The van der Waals surface area contributed by atoms with Crippen molar-refractivity contribution in [2.75, 3.05) is 27.2 Å². The number of hydrogen-bond acceptors (Lipinski definition) is 5. The smallest absolute Gasteiger partial charge is 0.309 e. The molecule has 5 heteroatoms. The second-order valence-electron chi connectivity index (χ2n) is 12.4. The van der Waals surface area contributed by atoms with E-state index in [-0.39, 0.29) is 25.0 Å². The SMILES string of the molecule is [CH]/C=C\COC(=O)CC(CCC(C)CCCC(C)CCCC(C)CCCC(C)C)OC(=O)CCCN(C)C. The van der Waals surface area contributed by atoms with E-state index in [1.165, 1.54) is 63.9 Å². The van der Waals surface area contributed by atoms with Crippen molar-refractivity contribution in [3.8, 4) is 0 Å². The van der Waals surface area contributed by atoms with Crippen LogP contribution in [0.25, 0.3) is 0 Å². The van der Waals surface area contributed by atoms with Gasteiger partial charge in [0.05, 0.1) is 6.42 Å². The molecule has 0 aliphatic carbocycles. The predicted octanol–water partition coefficient (Wildman–Crippen LogP) is 8.30. The van der Waals surface area contributed by atoms with Crippen molar-refractivity contribution in [3.05, 3.63) is 19.1 Å². The zero-order valence-electron chi connectivity index (χ0n) is 26.0. The van der Waals surface area contributed by atoms with Gasteiger partial charge in [0.25, 0.3) is 0 Å². The Balaban J connectivity index is 4.33. The second kappa shape index (κ2) is 23.5. The third kappa shape index (κ3) is 23.7. The number of nitrogens with zero attached hydrogens (tertiary/aromatic N) is 1. The highest BCUT2D eigenvalue weighted by molar-refractivity contribution is 5.72. The van der Waals surface area contributed by atoms with Gasteiger partial charge in [-0.2, -0.15) is 0 Å². The zero-order chi connectivity index (χ0) is 28.8. The van der Waals surface area contributed by atoms with E-state index < -0.39 is 6.10 Å². The van der Waals surface area contributed by atoms with Gasteiger partial charge in [-0.3, -0.25) is 9.59 Å². The molecule has 0 fully saturated rings. The fourth-order valence-electron chi connectivity index (χ4n) is 4.84. The van der Waals surface area contributed by atoms with E-state index in [9.17, 15) is 9.59 Å². The number of carbonyl (C=O) groups excluding carboxylic acids is 2. The van der Waals surface area contributed by atoms with Crippen LogP contribution in [0.3, 0.4) is 0 Å². The van der Waals surface area contributed by atoms with Crippen LogP contribution < -0.4 is 0 Å². The molecule has 38 heavy (non-hydrogen) atoms. The summed E-state index contributed by atoms with van der Waals surface area (Å²) >= 11 is 0. The molecular weight excluding hydrogens is 474 g/mol. The van der Waals surface area contributed by atoms with E-state index in [0.717, 1.165) is 37.1 Å². The van der Waals surface area contributed by atoms with Gasteiger partial charge in [0.2, 0.25) is 0 Å². The number of hydrogen-bond donors (Lipinski definition) is 0. The molecule has 0 rings (SSSR count). The second-order valence-corrected chi connectivity index (χ2v) is 12.4. The molecule has 0 aromatic heterocycles. The number of allylic oxidation sites excluding steroid dienone is 1. The molecule has 0 spiro atoms. The third-order valence-corrected chi connectivity index (χ3v) is 7.40. The number of esters is 2. The van der Waals surface area contributed by atoms with E-state index in [4.69, 9.17) is 16.4 Å². The molecule has 0 aromatic carbocycles. The Morgan fingerprint density at radius 2 is 1.26 bits per heavy atom. The van der Waals surface area contributed by atoms with Crippen molar-refractivity contribution >= 4 is 11.9 Å². The number of rotatable bonds is 24. The summed E-state index contributed by atoms with van der Waals surface area (Å²) in [4.78, 5) is 26.6. The van der Waals surface area contributed by atoms with Gasteiger partial charge in [-0.25, -0.2) is 0 Å². The molecule has 0 aromatic rings. The Kier molecular flexibility index (Phi) is 22.7. The molecule has 0 aliphatic heterocycles. The van der Waals surface area contributed by atoms with Crippen molar-refractivity contribution in [1.82, 2.24) is 4.90 Å². The summed E-state index contributed by atoms with van der Waals surface area (Å²) in [6.07, 6.45) is 17.2. The first kappa shape index (κ1) is 36.6. The molecule has 5 nitrogen and oxygen atoms in total. The third-order valence-electron chi connectivity index (χ3n) is 7.40. The molecule has 2 radical (unpaired) electrons. The van der Waals surface area contributed by atoms with E-state index >= 15 is 0 Å². The Labute approximate surface area is 236 Å². The Hall–Kier alpha value is -1.36. The minimum Gasteiger partial charge on any atom is -0.462 e. The average molecular weight is 536 g/mol. The van der Waals surface area contributed by atoms with E-state index in [0.29, 0.717) is 18.8 Å². The molecule has 0 N–H and O–H groups in total. The minimum atomic E-state index is -0.430. The van der Waals surface area contributed by atoms with E-state index in [2.05, 4.69) is 34.6 Å². The molecule has 0 saturated carbocycles. The summed E-state index contributed by atoms with van der Waals surface area (Å²) < 4.78 is 10.9. The lowest BCUT2D eigenvalue weighted by Gasteiger charge is -2.20. The van der Waals surface area contributed by atoms with Crippen LogP contribution in [0.15, 0.2) is 12.2 Å². The topological polar surface area (TPSA) is 55.8 Å². The molecule has 0 amide bonds. The maximum Gasteiger partial charge on any atom is 0.309 e. The molecule has 4 unspecified atom stereocenters. The molecule has 4 atom stereocenters. The fraction of sp³-hybridized carbons (Fsp3) is 0.848. The van der Waals surface area contributed by atoms with Crippen molar-refractivity contribution in [1.29, 1.82) is 0 Å². The first-order valence-corrected chi connectivity index (χ1v) is 15.4. The molecule has 0 bridgehead atoms. The lowest BCUT2D eigenvalue weighted by molar-refractivity contribution is -0.155. The predicted molar refractivity (Wildman–Crippen MR) is 160 cm³/mol. The van der Waals surface area contributed by atoms with Crippen molar-refractivity contribution < 1.29 is 19.1 Å². The van der Waals surface area contributed by atoms with Gasteiger partial charge in [0, 0.05) is 6.42 Å². The van der Waals surface area contributed by atoms with E-state index in [1.807, 2.05) is 19.0 Å². The van der Waals surface area contributed by atoms with Gasteiger partial charge in [-0.15, -0.1) is 0 Å². The van der Waals surface area contributed by atoms with Gasteiger partial charge in [0.15, 0.2) is 0 Å². The molecule has 0 saturated heterocycles. The average Bonchev–Trinajstić information content (AvgIpc) is 2.82. The summed E-state index contributed by atoms with van der Waals surface area (Å²) in [5, 5.41) is 0. The van der Waals surface area contributed by atoms with Gasteiger partial charge < -0.3 is 14.4 Å². The minimum absolute atomic E-state index is 0.0947. The first-order chi connectivity index (χ1) is 18.0. The Bertz CT molecular complexity index is 616. The fourth-order valence-corrected chi connectivity index (χ4v) is 4.84. The van der Waals surface area contributed by atoms with Crippen LogP contribution in [0.1, 0.15) is 125 Å². The summed E-state index contributed by atoms with van der Waals surface area (Å²) in [5.74, 6) is 2.40. The summed E-state index contributed by atoms with van der Waals surface area (Å²) in [7, 11) is 3.97. The maximum absolute atomic E-state index is 12.4. The molecule has 0 heterocycles. The van der Waals surface area contributed by atoms with Crippen molar-refractivity contribution in [3.63, 3.8) is 0 Å². The van der Waals surface area contributed by atoms with Crippen LogP contribution in [0, 0.1) is 30.6 Å². The van der Waals surface area contributed by atoms with Crippen LogP contribution in [0.2, 0.25) is 0 Å². The maximum atomic E-state index is 12.4. The zero-order valence-corrected chi connectivity index (χ0v) is 26.0. The quantitative estimate of drug-likeness (QED) is 0.116. The van der Waals surface area contributed by atoms with Crippen LogP contribution in [0.4, 0.5) is 0 Å². The standard InChI is InChI=1S/C33H61NO4/c1-9-10-25-37-33(36)26-31(38-32(35)21-14-24-34(7)8)23-22-30(6)20-13-19-29(5)18-12-17-28(4)16-11-15-27(2)3/h1,9-10,27-31H,11-26H2,2-8H3/b10-9-. The summed E-state index contributed by atoms with van der Waals surface area (Å²) in [6, 6.07) is 0. The Morgan fingerprint density at radius 1 is 0.737 bits per heavy atom. The van der Waals surface area contributed by atoms with Crippen molar-refractivity contribution in [2.24, 2.45) is 23.7 Å². The van der Waals surface area contributed by atoms with Gasteiger partial charge in [-0.1, -0.05) is 105 Å². The summed E-state index contributed by atoms with van der Waals surface area (Å²) in [5.41, 5.74) is 0. The molecule has 0 aliphatic rings. The van der Waals surface area contributed by atoms with Crippen LogP contribution in [-0.2, 0) is 19.1 Å². The normalized spacial score (nSPS) is 15.1. The van der Waals surface area contributed by atoms with Gasteiger partial charge >= 0.3 is 11.9 Å². The van der Waals surface area contributed by atoms with Crippen LogP contribution in [0.5, 0.6) is 0 Å². The molecular formula is C33H61NO4. The van der Waals surface area contributed by atoms with Gasteiger partial charge in [0.1, 0.15) is 12.7 Å². The first-order valence-electron chi connectivity index (χ1n) is 15.4. The van der Waals surface area contributed by atoms with Crippen molar-refractivity contribution in [2.45, 2.75) is 131 Å². The monoisotopic (exact) mass is 535 g/mol.